The largest absolute Gasteiger partial charge is 0.478 e. The number of carbonyl (C=O) groups is 1. The molecule has 0 aliphatic rings. The van der Waals surface area contributed by atoms with Crippen molar-refractivity contribution >= 4 is 11.6 Å². The molecule has 1 N–H and O–H groups in total. The van der Waals surface area contributed by atoms with Gasteiger partial charge in [0.1, 0.15) is 0 Å². The Morgan fingerprint density at radius 2 is 2.00 bits per heavy atom. The number of aryl methyl sites for hydroxylation is 1. The predicted octanol–water partition coefficient (Wildman–Crippen LogP) is 2.17. The quantitative estimate of drug-likeness (QED) is 0.794. The molecule has 118 valence electrons. The molecular formula is C17H17N3O3. The fraction of sp³-hybridized carbons (Fsp3) is 0.235. The molecule has 0 fully saturated rings. The number of aromatic nitrogens is 1. The number of nitriles is 1. The Hall–Kier alpha value is -3.07. The first kappa shape index (κ1) is 16.3. The van der Waals surface area contributed by atoms with Crippen molar-refractivity contribution in [2.75, 3.05) is 11.9 Å². The van der Waals surface area contributed by atoms with Crippen LogP contribution in [0.5, 0.6) is 5.75 Å². The van der Waals surface area contributed by atoms with E-state index in [9.17, 15) is 9.59 Å². The summed E-state index contributed by atoms with van der Waals surface area (Å²) in [5.41, 5.74) is 0.362. The van der Waals surface area contributed by atoms with Crippen molar-refractivity contribution in [1.82, 2.24) is 4.57 Å². The second-order valence-electron chi connectivity index (χ2n) is 4.84. The zero-order chi connectivity index (χ0) is 16.5. The minimum Gasteiger partial charge on any atom is -0.478 e. The van der Waals surface area contributed by atoms with Crippen LogP contribution in [0.1, 0.15) is 12.8 Å². The highest BCUT2D eigenvalue weighted by Gasteiger charge is 2.08. The molecule has 1 aromatic heterocycles. The number of anilines is 1. The van der Waals surface area contributed by atoms with E-state index in [4.69, 9.17) is 10.00 Å². The molecule has 2 aromatic rings. The number of pyridine rings is 1. The normalized spacial score (nSPS) is 9.87. The topological polar surface area (TPSA) is 84.1 Å². The first-order valence-electron chi connectivity index (χ1n) is 7.25. The minimum absolute atomic E-state index is 0.118. The van der Waals surface area contributed by atoms with Gasteiger partial charge in [-0.05, 0) is 30.7 Å². The van der Waals surface area contributed by atoms with Crippen molar-refractivity contribution in [2.24, 2.45) is 0 Å². The summed E-state index contributed by atoms with van der Waals surface area (Å²) in [5.74, 6) is -0.219. The molecule has 0 spiro atoms. The number of nitrogens with zero attached hydrogens (tertiary/aromatic N) is 2. The van der Waals surface area contributed by atoms with Gasteiger partial charge in [-0.25, -0.2) is 0 Å². The van der Waals surface area contributed by atoms with Gasteiger partial charge in [0.2, 0.25) is 0 Å². The fourth-order valence-electron chi connectivity index (χ4n) is 1.99. The van der Waals surface area contributed by atoms with Gasteiger partial charge in [0.05, 0.1) is 6.07 Å². The van der Waals surface area contributed by atoms with Crippen LogP contribution >= 0.6 is 0 Å². The summed E-state index contributed by atoms with van der Waals surface area (Å²) in [6.45, 7) is 0.201. The lowest BCUT2D eigenvalue weighted by Crippen LogP contribution is -2.25. The number of rotatable bonds is 7. The molecule has 0 aliphatic heterocycles. The Morgan fingerprint density at radius 1 is 1.22 bits per heavy atom. The van der Waals surface area contributed by atoms with Gasteiger partial charge in [-0.1, -0.05) is 18.2 Å². The fourth-order valence-corrected chi connectivity index (χ4v) is 1.99. The zero-order valence-corrected chi connectivity index (χ0v) is 12.6. The smallest absolute Gasteiger partial charge is 0.292 e. The molecule has 0 saturated carbocycles. The maximum absolute atomic E-state index is 12.2. The molecule has 2 rings (SSSR count). The van der Waals surface area contributed by atoms with E-state index in [-0.39, 0.29) is 23.8 Å². The van der Waals surface area contributed by atoms with Gasteiger partial charge in [0.15, 0.2) is 12.4 Å². The molecule has 1 amide bonds. The van der Waals surface area contributed by atoms with Crippen molar-refractivity contribution in [3.8, 4) is 11.8 Å². The Bertz CT molecular complexity index is 748. The van der Waals surface area contributed by atoms with Crippen LogP contribution < -0.4 is 15.6 Å². The lowest BCUT2D eigenvalue weighted by atomic mass is 10.3. The van der Waals surface area contributed by atoms with E-state index in [1.54, 1.807) is 24.4 Å². The SMILES string of the molecule is N#CCCCn1cccc(OCC(=O)Nc2ccccc2)c1=O. The van der Waals surface area contributed by atoms with Crippen molar-refractivity contribution in [1.29, 1.82) is 5.26 Å². The molecule has 0 atom stereocenters. The zero-order valence-electron chi connectivity index (χ0n) is 12.6. The second-order valence-corrected chi connectivity index (χ2v) is 4.84. The van der Waals surface area contributed by atoms with Crippen LogP contribution in [-0.2, 0) is 11.3 Å². The third-order valence-corrected chi connectivity index (χ3v) is 3.09. The molecule has 6 nitrogen and oxygen atoms in total. The highest BCUT2D eigenvalue weighted by Crippen LogP contribution is 2.06. The van der Waals surface area contributed by atoms with Gasteiger partial charge in [0, 0.05) is 24.8 Å². The van der Waals surface area contributed by atoms with Crippen LogP contribution in [0, 0.1) is 11.3 Å². The monoisotopic (exact) mass is 311 g/mol. The predicted molar refractivity (Wildman–Crippen MR) is 86.1 cm³/mol. The van der Waals surface area contributed by atoms with E-state index in [2.05, 4.69) is 5.32 Å². The molecular weight excluding hydrogens is 294 g/mol. The maximum atomic E-state index is 12.2. The molecule has 0 unspecified atom stereocenters. The highest BCUT2D eigenvalue weighted by atomic mass is 16.5. The number of nitrogens with one attached hydrogen (secondary N) is 1. The number of hydrogen-bond donors (Lipinski definition) is 1. The second kappa shape index (κ2) is 8.39. The third-order valence-electron chi connectivity index (χ3n) is 3.09. The average molecular weight is 311 g/mol. The molecule has 1 aromatic carbocycles. The van der Waals surface area contributed by atoms with E-state index >= 15 is 0 Å². The van der Waals surface area contributed by atoms with Crippen molar-refractivity contribution in [2.45, 2.75) is 19.4 Å². The van der Waals surface area contributed by atoms with E-state index in [0.717, 1.165) is 0 Å². The van der Waals surface area contributed by atoms with Crippen LogP contribution in [0.4, 0.5) is 5.69 Å². The number of hydrogen-bond acceptors (Lipinski definition) is 4. The van der Waals surface area contributed by atoms with Crippen molar-refractivity contribution in [3.05, 3.63) is 59.0 Å². The van der Waals surface area contributed by atoms with Gasteiger partial charge in [-0.2, -0.15) is 5.26 Å². The Labute approximate surface area is 133 Å². The Morgan fingerprint density at radius 3 is 2.74 bits per heavy atom. The highest BCUT2D eigenvalue weighted by molar-refractivity contribution is 5.91. The number of ether oxygens (including phenoxy) is 1. The van der Waals surface area contributed by atoms with Crippen LogP contribution in [0.15, 0.2) is 53.5 Å². The standard InChI is InChI=1S/C17H17N3O3/c18-10-4-5-11-20-12-6-9-15(17(20)22)23-13-16(21)19-14-7-2-1-3-8-14/h1-3,6-9,12H,4-5,11,13H2,(H,19,21). The Balaban J connectivity index is 1.93. The molecule has 0 saturated heterocycles. The molecule has 1 heterocycles. The maximum Gasteiger partial charge on any atom is 0.292 e. The summed E-state index contributed by atoms with van der Waals surface area (Å²) in [6, 6.07) is 14.3. The molecule has 0 aliphatic carbocycles. The molecule has 0 bridgehead atoms. The van der Waals surface area contributed by atoms with E-state index in [0.29, 0.717) is 25.1 Å². The van der Waals surface area contributed by atoms with Gasteiger partial charge in [-0.3, -0.25) is 9.59 Å². The Kier molecular flexibility index (Phi) is 5.95. The summed E-state index contributed by atoms with van der Waals surface area (Å²) in [6.07, 6.45) is 2.61. The first-order chi connectivity index (χ1) is 11.2. The number of benzene rings is 1. The summed E-state index contributed by atoms with van der Waals surface area (Å²) >= 11 is 0. The van der Waals surface area contributed by atoms with E-state index in [1.807, 2.05) is 24.3 Å². The minimum atomic E-state index is -0.338. The summed E-state index contributed by atoms with van der Waals surface area (Å²) in [4.78, 5) is 24.0. The lowest BCUT2D eigenvalue weighted by Gasteiger charge is -2.09. The number of para-hydroxylation sites is 1. The van der Waals surface area contributed by atoms with Gasteiger partial charge in [-0.15, -0.1) is 0 Å². The van der Waals surface area contributed by atoms with Gasteiger partial charge in [0.25, 0.3) is 11.5 Å². The number of amides is 1. The van der Waals surface area contributed by atoms with Crippen molar-refractivity contribution < 1.29 is 9.53 Å². The van der Waals surface area contributed by atoms with Crippen molar-refractivity contribution in [3.63, 3.8) is 0 Å². The van der Waals surface area contributed by atoms with E-state index < -0.39 is 0 Å². The lowest BCUT2D eigenvalue weighted by molar-refractivity contribution is -0.118. The summed E-state index contributed by atoms with van der Waals surface area (Å²) in [5, 5.41) is 11.2. The van der Waals surface area contributed by atoms with Gasteiger partial charge < -0.3 is 14.6 Å². The van der Waals surface area contributed by atoms with Crippen LogP contribution in [-0.4, -0.2) is 17.1 Å². The van der Waals surface area contributed by atoms with Gasteiger partial charge >= 0.3 is 0 Å². The van der Waals surface area contributed by atoms with Crippen LogP contribution in [0.3, 0.4) is 0 Å². The summed E-state index contributed by atoms with van der Waals surface area (Å²) in [7, 11) is 0. The average Bonchev–Trinajstić information content (AvgIpc) is 2.56. The number of carbonyl (C=O) groups excluding carboxylic acids is 1. The van der Waals surface area contributed by atoms with Crippen LogP contribution in [0.2, 0.25) is 0 Å². The van der Waals surface area contributed by atoms with Crippen LogP contribution in [0.25, 0.3) is 0 Å². The van der Waals surface area contributed by atoms with E-state index in [1.165, 1.54) is 10.6 Å². The molecule has 0 radical (unpaired) electrons. The number of unbranched alkanes of at least 4 members (excludes halogenated alkanes) is 1. The third kappa shape index (κ3) is 5.00. The summed E-state index contributed by atoms with van der Waals surface area (Å²) < 4.78 is 6.78. The molecule has 23 heavy (non-hydrogen) atoms. The first-order valence-corrected chi connectivity index (χ1v) is 7.25. The molecule has 6 heteroatoms.